The van der Waals surface area contributed by atoms with Crippen LogP contribution in [0.4, 0.5) is 0 Å². The summed E-state index contributed by atoms with van der Waals surface area (Å²) in [6, 6.07) is 8.74. The molecule has 5 nitrogen and oxygen atoms in total. The molecule has 0 bridgehead atoms. The molecule has 3 rings (SSSR count). The van der Waals surface area contributed by atoms with Crippen LogP contribution in [0.25, 0.3) is 0 Å². The van der Waals surface area contributed by atoms with E-state index in [1.165, 1.54) is 11.1 Å². The molecule has 0 radical (unpaired) electrons. The highest BCUT2D eigenvalue weighted by atomic mass is 127. The number of ether oxygens (including phenoxy) is 1. The van der Waals surface area contributed by atoms with Crippen molar-refractivity contribution in [3.05, 3.63) is 51.5 Å². The summed E-state index contributed by atoms with van der Waals surface area (Å²) in [7, 11) is 0. The van der Waals surface area contributed by atoms with Crippen LogP contribution in [-0.4, -0.2) is 37.2 Å². The smallest absolute Gasteiger partial charge is 0.191 e. The SMILES string of the molecule is CCNC(=NCc1nc(C(C)C)cs1)NCC1(c2ccccc2C)CCOCC1.I. The van der Waals surface area contributed by atoms with Gasteiger partial charge in [-0.05, 0) is 43.7 Å². The van der Waals surface area contributed by atoms with Crippen LogP contribution in [0.5, 0.6) is 0 Å². The van der Waals surface area contributed by atoms with Crippen molar-refractivity contribution in [3.63, 3.8) is 0 Å². The van der Waals surface area contributed by atoms with Gasteiger partial charge in [0.2, 0.25) is 0 Å². The molecule has 1 fully saturated rings. The minimum atomic E-state index is 0. The maximum Gasteiger partial charge on any atom is 0.191 e. The first kappa shape index (κ1) is 25.1. The van der Waals surface area contributed by atoms with Gasteiger partial charge in [-0.25, -0.2) is 9.98 Å². The van der Waals surface area contributed by atoms with Gasteiger partial charge in [-0.2, -0.15) is 0 Å². The van der Waals surface area contributed by atoms with Gasteiger partial charge >= 0.3 is 0 Å². The first-order valence-corrected chi connectivity index (χ1v) is 11.5. The van der Waals surface area contributed by atoms with Crippen molar-refractivity contribution in [2.24, 2.45) is 4.99 Å². The number of benzene rings is 1. The highest BCUT2D eigenvalue weighted by Crippen LogP contribution is 2.36. The molecule has 0 unspecified atom stereocenters. The molecule has 1 saturated heterocycles. The van der Waals surface area contributed by atoms with E-state index in [0.717, 1.165) is 55.8 Å². The van der Waals surface area contributed by atoms with Gasteiger partial charge in [-0.15, -0.1) is 35.3 Å². The third-order valence-corrected chi connectivity index (χ3v) is 6.49. The standard InChI is InChI=1S/C23H34N4OS.HI/c1-5-24-22(25-14-21-27-20(15-29-21)17(2)3)26-16-23(10-12-28-13-11-23)19-9-7-6-8-18(19)4;/h6-9,15,17H,5,10-14,16H2,1-4H3,(H2,24,25,26);1H. The van der Waals surface area contributed by atoms with Gasteiger partial charge in [0.15, 0.2) is 5.96 Å². The molecule has 1 aromatic carbocycles. The fraction of sp³-hybridized carbons (Fsp3) is 0.565. The lowest BCUT2D eigenvalue weighted by Gasteiger charge is -2.39. The predicted molar refractivity (Wildman–Crippen MR) is 137 cm³/mol. The van der Waals surface area contributed by atoms with E-state index in [4.69, 9.17) is 14.7 Å². The summed E-state index contributed by atoms with van der Waals surface area (Å²) in [6.07, 6.45) is 2.04. The summed E-state index contributed by atoms with van der Waals surface area (Å²) in [4.78, 5) is 9.50. The Morgan fingerprint density at radius 1 is 1.23 bits per heavy atom. The Kier molecular flexibility index (Phi) is 10.0. The van der Waals surface area contributed by atoms with Crippen molar-refractivity contribution < 1.29 is 4.74 Å². The van der Waals surface area contributed by atoms with Crippen LogP contribution < -0.4 is 10.6 Å². The van der Waals surface area contributed by atoms with E-state index < -0.39 is 0 Å². The molecule has 0 spiro atoms. The lowest BCUT2D eigenvalue weighted by atomic mass is 9.72. The maximum atomic E-state index is 5.69. The average molecular weight is 543 g/mol. The Morgan fingerprint density at radius 3 is 2.60 bits per heavy atom. The number of halogens is 1. The Labute approximate surface area is 202 Å². The number of thiazole rings is 1. The third kappa shape index (κ3) is 6.40. The summed E-state index contributed by atoms with van der Waals surface area (Å²) in [5.41, 5.74) is 4.00. The topological polar surface area (TPSA) is 58.5 Å². The minimum Gasteiger partial charge on any atom is -0.381 e. The molecule has 30 heavy (non-hydrogen) atoms. The lowest BCUT2D eigenvalue weighted by Crippen LogP contribution is -2.48. The molecule has 166 valence electrons. The van der Waals surface area contributed by atoms with Crippen LogP contribution in [0.2, 0.25) is 0 Å². The molecule has 0 aliphatic carbocycles. The molecule has 2 N–H and O–H groups in total. The van der Waals surface area contributed by atoms with Crippen molar-refractivity contribution in [2.45, 2.75) is 58.4 Å². The first-order valence-electron chi connectivity index (χ1n) is 10.6. The Balaban J connectivity index is 0.00000320. The van der Waals surface area contributed by atoms with Crippen molar-refractivity contribution >= 4 is 41.3 Å². The average Bonchev–Trinajstić information content (AvgIpc) is 3.20. The highest BCUT2D eigenvalue weighted by Gasteiger charge is 2.35. The van der Waals surface area contributed by atoms with E-state index in [0.29, 0.717) is 12.5 Å². The second-order valence-corrected chi connectivity index (χ2v) is 9.02. The van der Waals surface area contributed by atoms with Gasteiger partial charge in [0.25, 0.3) is 0 Å². The van der Waals surface area contributed by atoms with E-state index in [9.17, 15) is 0 Å². The molecular formula is C23H35IN4OS. The Hall–Kier alpha value is -1.19. The van der Waals surface area contributed by atoms with Crippen molar-refractivity contribution in [1.29, 1.82) is 0 Å². The van der Waals surface area contributed by atoms with Gasteiger partial charge in [-0.3, -0.25) is 0 Å². The van der Waals surface area contributed by atoms with Gasteiger partial charge < -0.3 is 15.4 Å². The van der Waals surface area contributed by atoms with E-state index in [1.54, 1.807) is 11.3 Å². The summed E-state index contributed by atoms with van der Waals surface area (Å²) < 4.78 is 5.69. The van der Waals surface area contributed by atoms with Crippen molar-refractivity contribution in [1.82, 2.24) is 15.6 Å². The van der Waals surface area contributed by atoms with Gasteiger partial charge in [0.1, 0.15) is 5.01 Å². The fourth-order valence-corrected chi connectivity index (χ4v) is 4.75. The van der Waals surface area contributed by atoms with E-state index in [1.807, 2.05) is 0 Å². The number of aromatic nitrogens is 1. The molecule has 1 aromatic heterocycles. The number of nitrogens with zero attached hydrogens (tertiary/aromatic N) is 2. The molecule has 0 amide bonds. The second-order valence-electron chi connectivity index (χ2n) is 8.08. The zero-order valence-electron chi connectivity index (χ0n) is 18.5. The van der Waals surface area contributed by atoms with Crippen LogP contribution in [-0.2, 0) is 16.7 Å². The number of aliphatic imine (C=N–C) groups is 1. The summed E-state index contributed by atoms with van der Waals surface area (Å²) in [5.74, 6) is 1.31. The highest BCUT2D eigenvalue weighted by molar-refractivity contribution is 14.0. The Morgan fingerprint density at radius 2 is 1.97 bits per heavy atom. The van der Waals surface area contributed by atoms with Gasteiger partial charge in [0.05, 0.1) is 12.2 Å². The van der Waals surface area contributed by atoms with Gasteiger partial charge in [0, 0.05) is 37.1 Å². The lowest BCUT2D eigenvalue weighted by molar-refractivity contribution is 0.0512. The number of hydrogen-bond acceptors (Lipinski definition) is 4. The maximum absolute atomic E-state index is 5.69. The normalized spacial score (nSPS) is 16.2. The van der Waals surface area contributed by atoms with Crippen LogP contribution in [0.3, 0.4) is 0 Å². The summed E-state index contributed by atoms with van der Waals surface area (Å²) in [5, 5.41) is 10.2. The van der Waals surface area contributed by atoms with Crippen molar-refractivity contribution in [3.8, 4) is 0 Å². The number of aryl methyl sites for hydroxylation is 1. The number of rotatable bonds is 7. The third-order valence-electron chi connectivity index (χ3n) is 5.64. The molecule has 2 aromatic rings. The van der Waals surface area contributed by atoms with E-state index in [2.05, 4.69) is 68.0 Å². The van der Waals surface area contributed by atoms with Crippen LogP contribution >= 0.6 is 35.3 Å². The molecule has 1 aliphatic heterocycles. The molecule has 0 atom stereocenters. The number of nitrogens with one attached hydrogen (secondary N) is 2. The molecule has 2 heterocycles. The summed E-state index contributed by atoms with van der Waals surface area (Å²) >= 11 is 1.69. The molecule has 1 aliphatic rings. The first-order chi connectivity index (χ1) is 14.0. The van der Waals surface area contributed by atoms with Crippen LogP contribution in [0.1, 0.15) is 61.4 Å². The quantitative estimate of drug-likeness (QED) is 0.294. The molecular weight excluding hydrogens is 507 g/mol. The van der Waals surface area contributed by atoms with Crippen molar-refractivity contribution in [2.75, 3.05) is 26.3 Å². The number of guanidine groups is 1. The Bertz CT molecular complexity index is 815. The van der Waals surface area contributed by atoms with E-state index >= 15 is 0 Å². The van der Waals surface area contributed by atoms with E-state index in [-0.39, 0.29) is 29.4 Å². The molecule has 7 heteroatoms. The second kappa shape index (κ2) is 12.0. The minimum absolute atomic E-state index is 0. The van der Waals surface area contributed by atoms with Gasteiger partial charge in [-0.1, -0.05) is 38.1 Å². The largest absolute Gasteiger partial charge is 0.381 e. The zero-order valence-corrected chi connectivity index (χ0v) is 21.7. The fourth-order valence-electron chi connectivity index (χ4n) is 3.88. The van der Waals surface area contributed by atoms with Crippen LogP contribution in [0.15, 0.2) is 34.6 Å². The van der Waals surface area contributed by atoms with Crippen LogP contribution in [0, 0.1) is 6.92 Å². The molecule has 0 saturated carbocycles. The number of hydrogen-bond donors (Lipinski definition) is 2. The monoisotopic (exact) mass is 542 g/mol. The summed E-state index contributed by atoms with van der Waals surface area (Å²) in [6.45, 7) is 12.6. The predicted octanol–water partition coefficient (Wildman–Crippen LogP) is 5.00. The zero-order chi connectivity index (χ0) is 20.7.